The monoisotopic (exact) mass is 393 g/mol. The fourth-order valence-electron chi connectivity index (χ4n) is 3.65. The van der Waals surface area contributed by atoms with Crippen LogP contribution in [-0.2, 0) is 26.2 Å². The minimum Gasteiger partial charge on any atom is -0.464 e. The predicted molar refractivity (Wildman–Crippen MR) is 94.5 cm³/mol. The maximum absolute atomic E-state index is 14.2. The number of nitrogens with one attached hydrogen (secondary N) is 1. The fourth-order valence-corrected chi connectivity index (χ4v) is 3.65. The van der Waals surface area contributed by atoms with Crippen molar-refractivity contribution in [3.05, 3.63) is 65.7 Å². The summed E-state index contributed by atoms with van der Waals surface area (Å²) in [6.45, 7) is 0.934. The molecule has 0 saturated carbocycles. The average molecular weight is 393 g/mol. The first-order chi connectivity index (χ1) is 13.2. The van der Waals surface area contributed by atoms with Gasteiger partial charge in [-0.3, -0.25) is 4.79 Å². The van der Waals surface area contributed by atoms with E-state index in [1.54, 1.807) is 18.2 Å². The molecule has 2 N–H and O–H groups in total. The normalized spacial score (nSPS) is 20.8. The lowest BCUT2D eigenvalue weighted by Crippen LogP contribution is -2.69. The zero-order valence-electron chi connectivity index (χ0n) is 14.9. The number of esters is 1. The molecule has 5 nitrogen and oxygen atoms in total. The molecule has 2 aromatic carbocycles. The summed E-state index contributed by atoms with van der Waals surface area (Å²) in [4.78, 5) is 25.5. The van der Waals surface area contributed by atoms with E-state index in [-0.39, 0.29) is 17.9 Å². The van der Waals surface area contributed by atoms with Crippen LogP contribution in [-0.4, -0.2) is 35.4 Å². The third-order valence-electron chi connectivity index (χ3n) is 4.93. The lowest BCUT2D eigenvalue weighted by atomic mass is 9.63. The Kier molecular flexibility index (Phi) is 4.93. The van der Waals surface area contributed by atoms with E-state index in [2.05, 4.69) is 10.1 Å². The molecule has 2 atom stereocenters. The molecule has 148 valence electrons. The Bertz CT molecular complexity index is 900. The lowest BCUT2D eigenvalue weighted by Gasteiger charge is -2.42. The van der Waals surface area contributed by atoms with Gasteiger partial charge in [0.05, 0.1) is 6.61 Å². The first-order valence-corrected chi connectivity index (χ1v) is 8.59. The number of hydrogen-bond acceptors (Lipinski definition) is 4. The Morgan fingerprint density at radius 2 is 1.71 bits per heavy atom. The molecule has 0 radical (unpaired) electrons. The molecule has 0 aliphatic carbocycles. The van der Waals surface area contributed by atoms with Gasteiger partial charge in [0.2, 0.25) is 5.91 Å². The van der Waals surface area contributed by atoms with E-state index in [1.165, 1.54) is 43.3 Å². The molecule has 1 amide bonds. The smallest absolute Gasteiger partial charge is 0.429 e. The Labute approximate surface area is 159 Å². The van der Waals surface area contributed by atoms with Crippen LogP contribution >= 0.6 is 0 Å². The van der Waals surface area contributed by atoms with E-state index in [0.717, 1.165) is 0 Å². The minimum absolute atomic E-state index is 0.107. The third-order valence-corrected chi connectivity index (χ3v) is 4.93. The van der Waals surface area contributed by atoms with E-state index in [9.17, 15) is 27.9 Å². The molecule has 1 aliphatic heterocycles. The highest BCUT2D eigenvalue weighted by Crippen LogP contribution is 2.53. The Hall–Kier alpha value is -2.87. The van der Waals surface area contributed by atoms with Crippen molar-refractivity contribution in [3.8, 4) is 0 Å². The Morgan fingerprint density at radius 3 is 2.32 bits per heavy atom. The molecule has 8 heteroatoms. The van der Waals surface area contributed by atoms with Gasteiger partial charge in [-0.2, -0.15) is 13.2 Å². The van der Waals surface area contributed by atoms with Crippen LogP contribution in [0.25, 0.3) is 0 Å². The number of hydrogen-bond donors (Lipinski definition) is 2. The molecule has 0 saturated heterocycles. The molecule has 0 aromatic heterocycles. The Balaban J connectivity index is 2.33. The number of aliphatic hydroxyl groups is 1. The quantitative estimate of drug-likeness (QED) is 0.766. The predicted octanol–water partition coefficient (Wildman–Crippen LogP) is 2.98. The van der Waals surface area contributed by atoms with E-state index in [0.29, 0.717) is 5.56 Å². The van der Waals surface area contributed by atoms with Crippen LogP contribution in [0.3, 0.4) is 0 Å². The molecule has 0 spiro atoms. The van der Waals surface area contributed by atoms with Gasteiger partial charge in [-0.15, -0.1) is 0 Å². The van der Waals surface area contributed by atoms with Crippen LogP contribution in [0.15, 0.2) is 54.6 Å². The highest BCUT2D eigenvalue weighted by molar-refractivity contribution is 6.11. The van der Waals surface area contributed by atoms with Crippen molar-refractivity contribution in [2.45, 2.75) is 30.5 Å². The second-order valence-electron chi connectivity index (χ2n) is 6.50. The van der Waals surface area contributed by atoms with E-state index in [1.807, 2.05) is 0 Å². The zero-order chi connectivity index (χ0) is 20.6. The molecule has 28 heavy (non-hydrogen) atoms. The number of benzene rings is 2. The molecule has 0 fully saturated rings. The number of para-hydroxylation sites is 1. The van der Waals surface area contributed by atoms with Gasteiger partial charge in [0.1, 0.15) is 5.41 Å². The van der Waals surface area contributed by atoms with Crippen LogP contribution in [0, 0.1) is 0 Å². The van der Waals surface area contributed by atoms with Crippen molar-refractivity contribution in [3.63, 3.8) is 0 Å². The van der Waals surface area contributed by atoms with Crippen LogP contribution in [0.5, 0.6) is 0 Å². The lowest BCUT2D eigenvalue weighted by molar-refractivity contribution is -0.280. The summed E-state index contributed by atoms with van der Waals surface area (Å²) in [5.74, 6) is -3.03. The summed E-state index contributed by atoms with van der Waals surface area (Å²) in [5, 5.41) is 13.3. The fraction of sp³-hybridized carbons (Fsp3) is 0.300. The van der Waals surface area contributed by atoms with Crippen LogP contribution < -0.4 is 5.32 Å². The van der Waals surface area contributed by atoms with E-state index in [4.69, 9.17) is 0 Å². The first-order valence-electron chi connectivity index (χ1n) is 8.59. The number of fused-ring (bicyclic) bond motifs is 1. The molecule has 2 aromatic rings. The van der Waals surface area contributed by atoms with E-state index >= 15 is 0 Å². The molecular formula is C20H18F3NO4. The molecular weight excluding hydrogens is 375 g/mol. The molecule has 2 unspecified atom stereocenters. The summed E-state index contributed by atoms with van der Waals surface area (Å²) in [7, 11) is 0. The van der Waals surface area contributed by atoms with Crippen LogP contribution in [0.1, 0.15) is 18.1 Å². The van der Waals surface area contributed by atoms with E-state index < -0.39 is 35.5 Å². The highest BCUT2D eigenvalue weighted by atomic mass is 19.4. The maximum atomic E-state index is 14.2. The maximum Gasteiger partial charge on any atom is 0.429 e. The average Bonchev–Trinajstić information content (AvgIpc) is 2.94. The van der Waals surface area contributed by atoms with Gasteiger partial charge in [0, 0.05) is 5.69 Å². The number of halogens is 3. The van der Waals surface area contributed by atoms with Gasteiger partial charge in [0.25, 0.3) is 5.60 Å². The van der Waals surface area contributed by atoms with Crippen molar-refractivity contribution in [2.24, 2.45) is 0 Å². The number of ether oxygens (including phenoxy) is 1. The topological polar surface area (TPSA) is 75.6 Å². The Morgan fingerprint density at radius 1 is 1.11 bits per heavy atom. The zero-order valence-corrected chi connectivity index (χ0v) is 14.9. The number of anilines is 1. The second-order valence-corrected chi connectivity index (χ2v) is 6.50. The van der Waals surface area contributed by atoms with Crippen molar-refractivity contribution in [1.82, 2.24) is 0 Å². The highest BCUT2D eigenvalue weighted by Gasteiger charge is 2.77. The summed E-state index contributed by atoms with van der Waals surface area (Å²) in [6, 6.07) is 13.6. The molecule has 3 rings (SSSR count). The number of amides is 1. The van der Waals surface area contributed by atoms with Crippen LogP contribution in [0.4, 0.5) is 18.9 Å². The van der Waals surface area contributed by atoms with Gasteiger partial charge in [-0.05, 0) is 30.5 Å². The molecule has 1 aliphatic rings. The summed E-state index contributed by atoms with van der Waals surface area (Å²) >= 11 is 0. The molecule has 1 heterocycles. The van der Waals surface area contributed by atoms with Gasteiger partial charge < -0.3 is 15.2 Å². The summed E-state index contributed by atoms with van der Waals surface area (Å²) in [6.07, 6.45) is -6.02. The summed E-state index contributed by atoms with van der Waals surface area (Å²) in [5.41, 5.74) is -6.38. The minimum atomic E-state index is -5.47. The number of carbonyl (C=O) groups excluding carboxylic acids is 2. The van der Waals surface area contributed by atoms with Crippen molar-refractivity contribution >= 4 is 17.6 Å². The molecule has 0 bridgehead atoms. The standard InChI is InChI=1S/C20H18F3NO4/c1-2-28-17(26)19(27,20(21,22)23)18(12-13-8-4-3-5-9-13)14-10-6-7-11-15(14)24-16(18)25/h3-11,27H,2,12H2,1H3,(H,24,25). The van der Waals surface area contributed by atoms with Crippen molar-refractivity contribution in [2.75, 3.05) is 11.9 Å². The second kappa shape index (κ2) is 6.94. The first kappa shape index (κ1) is 19.9. The number of rotatable bonds is 5. The van der Waals surface area contributed by atoms with Crippen molar-refractivity contribution in [1.29, 1.82) is 0 Å². The van der Waals surface area contributed by atoms with Gasteiger partial charge in [0.15, 0.2) is 0 Å². The number of alkyl halides is 3. The van der Waals surface area contributed by atoms with Crippen molar-refractivity contribution < 1.29 is 32.6 Å². The summed E-state index contributed by atoms with van der Waals surface area (Å²) < 4.78 is 47.2. The SMILES string of the molecule is CCOC(=O)C(O)(C(F)(F)F)C1(Cc2ccccc2)C(=O)Nc2ccccc21. The third kappa shape index (κ3) is 2.75. The van der Waals surface area contributed by atoms with Gasteiger partial charge in [-0.25, -0.2) is 4.79 Å². The van der Waals surface area contributed by atoms with Gasteiger partial charge >= 0.3 is 12.1 Å². The van der Waals surface area contributed by atoms with Crippen LogP contribution in [0.2, 0.25) is 0 Å². The largest absolute Gasteiger partial charge is 0.464 e. The van der Waals surface area contributed by atoms with Gasteiger partial charge in [-0.1, -0.05) is 48.5 Å². The number of carbonyl (C=O) groups is 2.